The standard InChI is InChI=1S/C11H13NO4.C2HF3O2/c13-10(14)6-7-12-11(15)16-8-9-4-2-1-3-5-9;3-2(4,5)1(6)7/h1-5H,6-8H2,(H,12,15)(H,13,14);(H,6,7). The number of carboxylic acid groups (broad SMARTS) is 2. The van der Waals surface area contributed by atoms with E-state index in [-0.39, 0.29) is 19.6 Å². The lowest BCUT2D eigenvalue weighted by molar-refractivity contribution is -0.192. The Hall–Kier alpha value is -2.78. The van der Waals surface area contributed by atoms with Crippen molar-refractivity contribution in [2.75, 3.05) is 6.54 Å². The Balaban J connectivity index is 0.000000585. The third kappa shape index (κ3) is 11.5. The molecule has 0 heterocycles. The molecular formula is C13H14F3NO6. The zero-order valence-corrected chi connectivity index (χ0v) is 11.7. The van der Waals surface area contributed by atoms with Crippen molar-refractivity contribution in [3.63, 3.8) is 0 Å². The number of alkyl halides is 3. The van der Waals surface area contributed by atoms with Gasteiger partial charge in [0.15, 0.2) is 0 Å². The maximum atomic E-state index is 11.1. The number of ether oxygens (including phenoxy) is 1. The van der Waals surface area contributed by atoms with Crippen LogP contribution in [0.5, 0.6) is 0 Å². The van der Waals surface area contributed by atoms with Gasteiger partial charge in [0, 0.05) is 6.54 Å². The van der Waals surface area contributed by atoms with Crippen molar-refractivity contribution >= 4 is 18.0 Å². The number of carbonyl (C=O) groups is 3. The summed E-state index contributed by atoms with van der Waals surface area (Å²) in [5.41, 5.74) is 0.885. The molecule has 10 heteroatoms. The predicted octanol–water partition coefficient (Wildman–Crippen LogP) is 2.02. The van der Waals surface area contributed by atoms with Crippen LogP contribution in [0, 0.1) is 0 Å². The molecule has 0 atom stereocenters. The summed E-state index contributed by atoms with van der Waals surface area (Å²) >= 11 is 0. The molecule has 1 amide bonds. The van der Waals surface area contributed by atoms with Crippen molar-refractivity contribution in [3.8, 4) is 0 Å². The van der Waals surface area contributed by atoms with Crippen LogP contribution in [0.15, 0.2) is 30.3 Å². The molecular weight excluding hydrogens is 323 g/mol. The first-order valence-corrected chi connectivity index (χ1v) is 6.09. The number of alkyl carbamates (subject to hydrolysis) is 1. The number of carboxylic acids is 2. The fourth-order valence-electron chi connectivity index (χ4n) is 1.05. The van der Waals surface area contributed by atoms with Crippen molar-refractivity contribution in [2.24, 2.45) is 0 Å². The maximum absolute atomic E-state index is 11.1. The Morgan fingerprint density at radius 1 is 1.09 bits per heavy atom. The molecule has 7 nitrogen and oxygen atoms in total. The molecule has 0 aliphatic rings. The number of carbonyl (C=O) groups excluding carboxylic acids is 1. The molecule has 1 rings (SSSR count). The lowest BCUT2D eigenvalue weighted by Gasteiger charge is -2.05. The van der Waals surface area contributed by atoms with Gasteiger partial charge < -0.3 is 20.3 Å². The van der Waals surface area contributed by atoms with Crippen LogP contribution in [-0.4, -0.2) is 41.0 Å². The van der Waals surface area contributed by atoms with Gasteiger partial charge >= 0.3 is 24.2 Å². The van der Waals surface area contributed by atoms with Crippen molar-refractivity contribution in [1.82, 2.24) is 5.32 Å². The van der Waals surface area contributed by atoms with E-state index in [2.05, 4.69) is 5.32 Å². The highest BCUT2D eigenvalue weighted by atomic mass is 19.4. The van der Waals surface area contributed by atoms with Gasteiger partial charge in [-0.1, -0.05) is 30.3 Å². The number of amides is 1. The normalized spacial score (nSPS) is 10.0. The van der Waals surface area contributed by atoms with Crippen LogP contribution >= 0.6 is 0 Å². The van der Waals surface area contributed by atoms with Gasteiger partial charge in [0.1, 0.15) is 6.61 Å². The third-order valence-corrected chi connectivity index (χ3v) is 2.06. The van der Waals surface area contributed by atoms with Crippen LogP contribution in [0.3, 0.4) is 0 Å². The molecule has 0 fully saturated rings. The Labute approximate surface area is 128 Å². The second kappa shape index (κ2) is 10.0. The van der Waals surface area contributed by atoms with Crippen LogP contribution in [0.4, 0.5) is 18.0 Å². The van der Waals surface area contributed by atoms with E-state index in [0.717, 1.165) is 5.56 Å². The SMILES string of the molecule is O=C(O)C(F)(F)F.O=C(O)CCNC(=O)OCc1ccccc1. The van der Waals surface area contributed by atoms with Crippen LogP contribution in [-0.2, 0) is 20.9 Å². The van der Waals surface area contributed by atoms with E-state index in [1.54, 1.807) is 0 Å². The largest absolute Gasteiger partial charge is 0.490 e. The molecule has 1 aromatic rings. The average Bonchev–Trinajstić information content (AvgIpc) is 2.45. The first-order chi connectivity index (χ1) is 10.6. The molecule has 0 radical (unpaired) electrons. The molecule has 128 valence electrons. The summed E-state index contributed by atoms with van der Waals surface area (Å²) in [5.74, 6) is -3.71. The summed E-state index contributed by atoms with van der Waals surface area (Å²) < 4.78 is 36.6. The van der Waals surface area contributed by atoms with Gasteiger partial charge in [0.25, 0.3) is 0 Å². The number of rotatable bonds is 5. The molecule has 0 unspecified atom stereocenters. The Morgan fingerprint density at radius 2 is 1.61 bits per heavy atom. The lowest BCUT2D eigenvalue weighted by Crippen LogP contribution is -2.26. The van der Waals surface area contributed by atoms with E-state index in [1.807, 2.05) is 30.3 Å². The van der Waals surface area contributed by atoms with E-state index in [0.29, 0.717) is 0 Å². The summed E-state index contributed by atoms with van der Waals surface area (Å²) in [7, 11) is 0. The molecule has 0 saturated heterocycles. The van der Waals surface area contributed by atoms with Gasteiger partial charge in [-0.2, -0.15) is 13.2 Å². The molecule has 0 saturated carbocycles. The molecule has 23 heavy (non-hydrogen) atoms. The zero-order chi connectivity index (χ0) is 17.9. The van der Waals surface area contributed by atoms with E-state index in [9.17, 15) is 22.8 Å². The smallest absolute Gasteiger partial charge is 0.481 e. The van der Waals surface area contributed by atoms with Crippen molar-refractivity contribution in [1.29, 1.82) is 0 Å². The fourth-order valence-corrected chi connectivity index (χ4v) is 1.05. The van der Waals surface area contributed by atoms with Crippen LogP contribution in [0.25, 0.3) is 0 Å². The monoisotopic (exact) mass is 337 g/mol. The Bertz CT molecular complexity index is 518. The topological polar surface area (TPSA) is 113 Å². The Kier molecular flexibility index (Phi) is 8.82. The van der Waals surface area contributed by atoms with Gasteiger partial charge in [-0.15, -0.1) is 0 Å². The van der Waals surface area contributed by atoms with Gasteiger partial charge in [0.2, 0.25) is 0 Å². The first kappa shape index (κ1) is 20.2. The highest BCUT2D eigenvalue weighted by Gasteiger charge is 2.38. The molecule has 1 aromatic carbocycles. The van der Waals surface area contributed by atoms with E-state index in [4.69, 9.17) is 19.7 Å². The summed E-state index contributed by atoms with van der Waals surface area (Å²) in [6.45, 7) is 0.253. The number of benzene rings is 1. The summed E-state index contributed by atoms with van der Waals surface area (Å²) in [4.78, 5) is 30.1. The molecule has 0 aromatic heterocycles. The van der Waals surface area contributed by atoms with Crippen molar-refractivity contribution in [3.05, 3.63) is 35.9 Å². The van der Waals surface area contributed by atoms with Crippen LogP contribution in [0.1, 0.15) is 12.0 Å². The molecule has 3 N–H and O–H groups in total. The van der Waals surface area contributed by atoms with E-state index >= 15 is 0 Å². The highest BCUT2D eigenvalue weighted by Crippen LogP contribution is 2.13. The van der Waals surface area contributed by atoms with Crippen molar-refractivity contribution < 1.29 is 42.5 Å². The average molecular weight is 337 g/mol. The number of nitrogens with one attached hydrogen (secondary N) is 1. The second-order valence-corrected chi connectivity index (χ2v) is 3.94. The van der Waals surface area contributed by atoms with Crippen LogP contribution in [0.2, 0.25) is 0 Å². The molecule has 0 aliphatic carbocycles. The number of hydrogen-bond acceptors (Lipinski definition) is 4. The minimum atomic E-state index is -5.08. The quantitative estimate of drug-likeness (QED) is 0.758. The fraction of sp³-hybridized carbons (Fsp3) is 0.308. The molecule has 0 spiro atoms. The Morgan fingerprint density at radius 3 is 2.04 bits per heavy atom. The number of hydrogen-bond donors (Lipinski definition) is 3. The summed E-state index contributed by atoms with van der Waals surface area (Å²) in [6.07, 6.45) is -5.80. The first-order valence-electron chi connectivity index (χ1n) is 6.09. The third-order valence-electron chi connectivity index (χ3n) is 2.06. The highest BCUT2D eigenvalue weighted by molar-refractivity contribution is 5.73. The number of aliphatic carboxylic acids is 2. The van der Waals surface area contributed by atoms with Crippen LogP contribution < -0.4 is 5.32 Å². The van der Waals surface area contributed by atoms with E-state index < -0.39 is 24.2 Å². The summed E-state index contributed by atoms with van der Waals surface area (Å²) in [5, 5.41) is 17.8. The molecule has 0 bridgehead atoms. The lowest BCUT2D eigenvalue weighted by atomic mass is 10.2. The van der Waals surface area contributed by atoms with Gasteiger partial charge in [-0.25, -0.2) is 9.59 Å². The maximum Gasteiger partial charge on any atom is 0.490 e. The minimum absolute atomic E-state index is 0.0724. The zero-order valence-electron chi connectivity index (χ0n) is 11.7. The number of halogens is 3. The van der Waals surface area contributed by atoms with Gasteiger partial charge in [0.05, 0.1) is 6.42 Å². The summed E-state index contributed by atoms with van der Waals surface area (Å²) in [6, 6.07) is 9.24. The second-order valence-electron chi connectivity index (χ2n) is 3.94. The van der Waals surface area contributed by atoms with Crippen molar-refractivity contribution in [2.45, 2.75) is 19.2 Å². The minimum Gasteiger partial charge on any atom is -0.481 e. The van der Waals surface area contributed by atoms with Gasteiger partial charge in [-0.05, 0) is 5.56 Å². The van der Waals surface area contributed by atoms with Gasteiger partial charge in [-0.3, -0.25) is 4.79 Å². The van der Waals surface area contributed by atoms with E-state index in [1.165, 1.54) is 0 Å². The molecule has 0 aliphatic heterocycles. The predicted molar refractivity (Wildman–Crippen MR) is 70.6 cm³/mol.